The van der Waals surface area contributed by atoms with Gasteiger partial charge in [0.05, 0.1) is 0 Å². The number of ether oxygens (including phenoxy) is 1. The minimum Gasteiger partial charge on any atom is -0.481 e. The van der Waals surface area contributed by atoms with E-state index < -0.39 is 5.82 Å². The van der Waals surface area contributed by atoms with Crippen molar-refractivity contribution in [3.05, 3.63) is 47.5 Å². The summed E-state index contributed by atoms with van der Waals surface area (Å²) in [6, 6.07) is 6.05. The molecule has 1 atom stereocenters. The van der Waals surface area contributed by atoms with Crippen LogP contribution in [-0.4, -0.2) is 42.6 Å². The van der Waals surface area contributed by atoms with E-state index in [4.69, 9.17) is 4.74 Å². The highest BCUT2D eigenvalue weighted by Crippen LogP contribution is 2.21. The van der Waals surface area contributed by atoms with Gasteiger partial charge in [0.15, 0.2) is 18.2 Å². The molecule has 1 aliphatic rings. The van der Waals surface area contributed by atoms with Gasteiger partial charge >= 0.3 is 0 Å². The summed E-state index contributed by atoms with van der Waals surface area (Å²) in [6.45, 7) is -0.208. The number of carbonyl (C=O) groups excluding carboxylic acids is 1. The Balaban J connectivity index is 1.54. The molecular formula is C18H21FN4O2. The lowest BCUT2D eigenvalue weighted by atomic mass is 9.93. The fourth-order valence-electron chi connectivity index (χ4n) is 2.81. The Kier molecular flexibility index (Phi) is 5.11. The lowest BCUT2D eigenvalue weighted by Crippen LogP contribution is -2.41. The predicted molar refractivity (Wildman–Crippen MR) is 92.2 cm³/mol. The number of aromatic nitrogens is 2. The summed E-state index contributed by atoms with van der Waals surface area (Å²) in [7, 11) is 3.81. The molecule has 0 fully saturated rings. The Morgan fingerprint density at radius 1 is 1.40 bits per heavy atom. The lowest BCUT2D eigenvalue weighted by Gasteiger charge is -2.25. The van der Waals surface area contributed by atoms with Crippen molar-refractivity contribution in [2.45, 2.75) is 25.3 Å². The van der Waals surface area contributed by atoms with Gasteiger partial charge in [-0.15, -0.1) is 0 Å². The van der Waals surface area contributed by atoms with Crippen LogP contribution in [0.15, 0.2) is 30.5 Å². The summed E-state index contributed by atoms with van der Waals surface area (Å²) < 4.78 is 18.7. The molecule has 1 heterocycles. The number of fused-ring (bicyclic) bond motifs is 1. The Labute approximate surface area is 146 Å². The minimum absolute atomic E-state index is 0.0121. The van der Waals surface area contributed by atoms with Crippen molar-refractivity contribution in [2.75, 3.05) is 25.6 Å². The van der Waals surface area contributed by atoms with Gasteiger partial charge in [-0.1, -0.05) is 12.1 Å². The second-order valence-corrected chi connectivity index (χ2v) is 6.26. The van der Waals surface area contributed by atoms with Gasteiger partial charge in [0, 0.05) is 32.0 Å². The highest BCUT2D eigenvalue weighted by atomic mass is 19.1. The number of benzene rings is 1. The molecule has 25 heavy (non-hydrogen) atoms. The fraction of sp³-hybridized carbons (Fsp3) is 0.389. The standard InChI is InChI=1S/C18H21FN4O2/c1-23(2)18-20-10-12-9-13(7-8-15(12)22-18)21-17(24)11-25-16-6-4-3-5-14(16)19/h3-6,10,13H,7-9,11H2,1-2H3,(H,21,24). The first-order chi connectivity index (χ1) is 12.0. The first-order valence-electron chi connectivity index (χ1n) is 8.21. The zero-order valence-electron chi connectivity index (χ0n) is 14.3. The second-order valence-electron chi connectivity index (χ2n) is 6.26. The van der Waals surface area contributed by atoms with Gasteiger partial charge in [-0.3, -0.25) is 4.79 Å². The van der Waals surface area contributed by atoms with Gasteiger partial charge < -0.3 is 15.0 Å². The summed E-state index contributed by atoms with van der Waals surface area (Å²) >= 11 is 0. The molecule has 0 bridgehead atoms. The van der Waals surface area contributed by atoms with Gasteiger partial charge in [0.25, 0.3) is 5.91 Å². The van der Waals surface area contributed by atoms with Crippen LogP contribution in [0.25, 0.3) is 0 Å². The van der Waals surface area contributed by atoms with Crippen LogP contribution in [0.4, 0.5) is 10.3 Å². The third-order valence-electron chi connectivity index (χ3n) is 4.10. The average Bonchev–Trinajstić information content (AvgIpc) is 2.60. The summed E-state index contributed by atoms with van der Waals surface area (Å²) in [5.74, 6) is 0.0362. The first-order valence-corrected chi connectivity index (χ1v) is 8.21. The number of amides is 1. The molecular weight excluding hydrogens is 323 g/mol. The molecule has 1 amide bonds. The summed E-state index contributed by atoms with van der Waals surface area (Å²) in [6.07, 6.45) is 4.11. The van der Waals surface area contributed by atoms with Gasteiger partial charge in [0.1, 0.15) is 0 Å². The van der Waals surface area contributed by atoms with E-state index in [1.54, 1.807) is 12.1 Å². The molecule has 1 aromatic heterocycles. The molecule has 1 aromatic carbocycles. The maximum absolute atomic E-state index is 13.5. The maximum atomic E-state index is 13.5. The fourth-order valence-corrected chi connectivity index (χ4v) is 2.81. The number of anilines is 1. The largest absolute Gasteiger partial charge is 0.481 e. The number of carbonyl (C=O) groups is 1. The molecule has 0 saturated carbocycles. The molecule has 6 nitrogen and oxygen atoms in total. The van der Waals surface area contributed by atoms with Crippen LogP contribution in [0.5, 0.6) is 5.75 Å². The minimum atomic E-state index is -0.476. The van der Waals surface area contributed by atoms with Gasteiger partial charge in [-0.05, 0) is 37.0 Å². The average molecular weight is 344 g/mol. The third-order valence-corrected chi connectivity index (χ3v) is 4.10. The molecule has 0 spiro atoms. The zero-order chi connectivity index (χ0) is 17.8. The highest BCUT2D eigenvalue weighted by Gasteiger charge is 2.22. The molecule has 3 rings (SSSR count). The summed E-state index contributed by atoms with van der Waals surface area (Å²) in [5, 5.41) is 2.93. The SMILES string of the molecule is CN(C)c1ncc2c(n1)CCC(NC(=O)COc1ccccc1F)C2. The number of hydrogen-bond acceptors (Lipinski definition) is 5. The van der Waals surface area contributed by atoms with E-state index in [0.717, 1.165) is 24.1 Å². The third kappa shape index (κ3) is 4.23. The molecule has 0 saturated heterocycles. The molecule has 7 heteroatoms. The first kappa shape index (κ1) is 17.1. The predicted octanol–water partition coefficient (Wildman–Crippen LogP) is 1.73. The normalized spacial score (nSPS) is 16.0. The number of rotatable bonds is 5. The maximum Gasteiger partial charge on any atom is 0.258 e. The molecule has 1 aliphatic carbocycles. The Bertz CT molecular complexity index is 766. The Hall–Kier alpha value is -2.70. The Morgan fingerprint density at radius 2 is 2.20 bits per heavy atom. The Morgan fingerprint density at radius 3 is 2.96 bits per heavy atom. The number of para-hydroxylation sites is 1. The quantitative estimate of drug-likeness (QED) is 0.895. The number of halogens is 1. The smallest absolute Gasteiger partial charge is 0.258 e. The van der Waals surface area contributed by atoms with Crippen LogP contribution in [-0.2, 0) is 17.6 Å². The van der Waals surface area contributed by atoms with Crippen molar-refractivity contribution in [2.24, 2.45) is 0 Å². The van der Waals surface area contributed by atoms with E-state index in [-0.39, 0.29) is 24.3 Å². The van der Waals surface area contributed by atoms with Crippen LogP contribution in [0.3, 0.4) is 0 Å². The van der Waals surface area contributed by atoms with E-state index in [0.29, 0.717) is 12.4 Å². The van der Waals surface area contributed by atoms with E-state index in [1.165, 1.54) is 12.1 Å². The van der Waals surface area contributed by atoms with Crippen molar-refractivity contribution < 1.29 is 13.9 Å². The van der Waals surface area contributed by atoms with Gasteiger partial charge in [-0.25, -0.2) is 14.4 Å². The van der Waals surface area contributed by atoms with E-state index >= 15 is 0 Å². The molecule has 1 N–H and O–H groups in total. The van der Waals surface area contributed by atoms with Crippen molar-refractivity contribution in [3.63, 3.8) is 0 Å². The van der Waals surface area contributed by atoms with Crippen LogP contribution in [0.1, 0.15) is 17.7 Å². The number of nitrogens with one attached hydrogen (secondary N) is 1. The molecule has 0 aliphatic heterocycles. The number of hydrogen-bond donors (Lipinski definition) is 1. The van der Waals surface area contributed by atoms with Gasteiger partial charge in [0.2, 0.25) is 5.95 Å². The van der Waals surface area contributed by atoms with Crippen LogP contribution >= 0.6 is 0 Å². The van der Waals surface area contributed by atoms with Gasteiger partial charge in [-0.2, -0.15) is 0 Å². The molecule has 132 valence electrons. The zero-order valence-corrected chi connectivity index (χ0v) is 14.3. The van der Waals surface area contributed by atoms with Crippen LogP contribution in [0.2, 0.25) is 0 Å². The van der Waals surface area contributed by atoms with E-state index in [9.17, 15) is 9.18 Å². The van der Waals surface area contributed by atoms with Crippen molar-refractivity contribution >= 4 is 11.9 Å². The summed E-state index contributed by atoms with van der Waals surface area (Å²) in [4.78, 5) is 22.8. The lowest BCUT2D eigenvalue weighted by molar-refractivity contribution is -0.123. The van der Waals surface area contributed by atoms with Crippen molar-refractivity contribution in [1.82, 2.24) is 15.3 Å². The van der Waals surface area contributed by atoms with Crippen molar-refractivity contribution in [1.29, 1.82) is 0 Å². The van der Waals surface area contributed by atoms with Crippen molar-refractivity contribution in [3.8, 4) is 5.75 Å². The number of aryl methyl sites for hydroxylation is 1. The second kappa shape index (κ2) is 7.46. The number of nitrogens with zero attached hydrogens (tertiary/aromatic N) is 3. The topological polar surface area (TPSA) is 67.4 Å². The van der Waals surface area contributed by atoms with E-state index in [2.05, 4.69) is 15.3 Å². The molecule has 0 radical (unpaired) electrons. The summed E-state index contributed by atoms with van der Waals surface area (Å²) in [5.41, 5.74) is 2.09. The van der Waals surface area contributed by atoms with E-state index in [1.807, 2.05) is 25.2 Å². The molecule has 2 aromatic rings. The highest BCUT2D eigenvalue weighted by molar-refractivity contribution is 5.77. The molecule has 1 unspecified atom stereocenters. The van der Waals surface area contributed by atoms with Crippen LogP contribution < -0.4 is 15.0 Å². The van der Waals surface area contributed by atoms with Crippen LogP contribution in [0, 0.1) is 5.82 Å². The monoisotopic (exact) mass is 344 g/mol.